The molecule has 1 heterocycles. The average Bonchev–Trinajstić information content (AvgIpc) is 2.39. The number of anilines is 1. The molecule has 0 fully saturated rings. The van der Waals surface area contributed by atoms with Crippen LogP contribution >= 0.6 is 0 Å². The van der Waals surface area contributed by atoms with Crippen LogP contribution in [0.4, 0.5) is 5.69 Å². The number of allylic oxidation sites excluding steroid dienone is 1. The molecule has 0 bridgehead atoms. The molecule has 90 valence electrons. The number of Topliss-reactive ketones (excluding diaryl/α,β-unsaturated/α-hetero) is 1. The fourth-order valence-electron chi connectivity index (χ4n) is 1.87. The van der Waals surface area contributed by atoms with Crippen LogP contribution in [0.2, 0.25) is 0 Å². The van der Waals surface area contributed by atoms with Crippen molar-refractivity contribution in [1.82, 2.24) is 0 Å². The Hall–Kier alpha value is -1.77. The van der Waals surface area contributed by atoms with E-state index in [0.29, 0.717) is 6.42 Å². The number of nitrogens with two attached hydrogens (primary N) is 1. The molecular weight excluding hydrogens is 214 g/mol. The fraction of sp³-hybridized carbons (Fsp3) is 0.357. The number of hydrogen-bond donors (Lipinski definition) is 1. The van der Waals surface area contributed by atoms with Crippen molar-refractivity contribution in [3.63, 3.8) is 0 Å². The summed E-state index contributed by atoms with van der Waals surface area (Å²) in [4.78, 5) is 11.9. The second-order valence-electron chi connectivity index (χ2n) is 4.28. The van der Waals surface area contributed by atoms with Crippen LogP contribution in [0.15, 0.2) is 36.1 Å². The Kier molecular flexibility index (Phi) is 3.81. The van der Waals surface area contributed by atoms with Crippen LogP contribution in [0.5, 0.6) is 0 Å². The quantitative estimate of drug-likeness (QED) is 0.810. The van der Waals surface area contributed by atoms with Crippen molar-refractivity contribution < 1.29 is 9.53 Å². The van der Waals surface area contributed by atoms with Crippen LogP contribution in [0.1, 0.15) is 24.8 Å². The van der Waals surface area contributed by atoms with Gasteiger partial charge in [0.2, 0.25) is 0 Å². The third-order valence-electron chi connectivity index (χ3n) is 2.91. The predicted octanol–water partition coefficient (Wildman–Crippen LogP) is 2.46. The van der Waals surface area contributed by atoms with Gasteiger partial charge in [-0.15, -0.1) is 0 Å². The summed E-state index contributed by atoms with van der Waals surface area (Å²) < 4.78 is 5.17. The summed E-state index contributed by atoms with van der Waals surface area (Å²) >= 11 is 0. The molecule has 0 saturated carbocycles. The van der Waals surface area contributed by atoms with E-state index in [1.807, 2.05) is 24.3 Å². The van der Waals surface area contributed by atoms with E-state index in [1.165, 1.54) is 0 Å². The highest BCUT2D eigenvalue weighted by molar-refractivity contribution is 5.95. The van der Waals surface area contributed by atoms with Crippen LogP contribution in [-0.2, 0) is 16.0 Å². The molecule has 3 heteroatoms. The Labute approximate surface area is 101 Å². The van der Waals surface area contributed by atoms with Crippen molar-refractivity contribution >= 4 is 11.5 Å². The van der Waals surface area contributed by atoms with Gasteiger partial charge in [0.1, 0.15) is 0 Å². The lowest BCUT2D eigenvalue weighted by Crippen LogP contribution is -2.09. The topological polar surface area (TPSA) is 52.3 Å². The first-order valence-electron chi connectivity index (χ1n) is 5.94. The van der Waals surface area contributed by atoms with Crippen molar-refractivity contribution in [2.24, 2.45) is 0 Å². The van der Waals surface area contributed by atoms with E-state index >= 15 is 0 Å². The third kappa shape index (κ3) is 3.34. The first-order valence-corrected chi connectivity index (χ1v) is 5.94. The van der Waals surface area contributed by atoms with Crippen LogP contribution in [0, 0.1) is 0 Å². The zero-order valence-electron chi connectivity index (χ0n) is 9.82. The lowest BCUT2D eigenvalue weighted by molar-refractivity contribution is -0.116. The standard InChI is InChI=1S/C14H17NO2/c15-13-6-3-11(4-7-13)5-8-14(16)12-2-1-9-17-10-12/h3-4,6-7,10H,1-2,5,8-9,15H2. The molecular formula is C14H17NO2. The molecule has 17 heavy (non-hydrogen) atoms. The molecule has 0 radical (unpaired) electrons. The van der Waals surface area contributed by atoms with Crippen molar-refractivity contribution in [3.05, 3.63) is 41.7 Å². The van der Waals surface area contributed by atoms with Gasteiger partial charge in [0, 0.05) is 17.7 Å². The minimum absolute atomic E-state index is 0.196. The number of rotatable bonds is 4. The molecule has 3 nitrogen and oxygen atoms in total. The zero-order chi connectivity index (χ0) is 12.1. The van der Waals surface area contributed by atoms with Gasteiger partial charge in [-0.05, 0) is 37.0 Å². The summed E-state index contributed by atoms with van der Waals surface area (Å²) in [6.07, 6.45) is 4.71. The van der Waals surface area contributed by atoms with E-state index < -0.39 is 0 Å². The molecule has 2 rings (SSSR count). The van der Waals surface area contributed by atoms with E-state index in [2.05, 4.69) is 0 Å². The van der Waals surface area contributed by atoms with Crippen molar-refractivity contribution in [2.45, 2.75) is 25.7 Å². The summed E-state index contributed by atoms with van der Waals surface area (Å²) in [7, 11) is 0. The van der Waals surface area contributed by atoms with Crippen LogP contribution < -0.4 is 5.73 Å². The highest BCUT2D eigenvalue weighted by Crippen LogP contribution is 2.16. The maximum atomic E-state index is 11.9. The van der Waals surface area contributed by atoms with E-state index in [9.17, 15) is 4.79 Å². The van der Waals surface area contributed by atoms with Gasteiger partial charge in [-0.2, -0.15) is 0 Å². The Bertz CT molecular complexity index is 420. The molecule has 1 aliphatic rings. The lowest BCUT2D eigenvalue weighted by Gasteiger charge is -2.12. The highest BCUT2D eigenvalue weighted by atomic mass is 16.5. The number of ether oxygens (including phenoxy) is 1. The second kappa shape index (κ2) is 5.53. The number of benzene rings is 1. The number of hydrogen-bond acceptors (Lipinski definition) is 3. The first-order chi connectivity index (χ1) is 8.25. The number of carbonyl (C=O) groups excluding carboxylic acids is 1. The zero-order valence-corrected chi connectivity index (χ0v) is 9.82. The highest BCUT2D eigenvalue weighted by Gasteiger charge is 2.12. The number of nitrogen functional groups attached to an aromatic ring is 1. The minimum atomic E-state index is 0.196. The van der Waals surface area contributed by atoms with Crippen molar-refractivity contribution in [2.75, 3.05) is 12.3 Å². The number of aryl methyl sites for hydroxylation is 1. The Morgan fingerprint density at radius 2 is 2.06 bits per heavy atom. The average molecular weight is 231 g/mol. The largest absolute Gasteiger partial charge is 0.501 e. The van der Waals surface area contributed by atoms with E-state index in [1.54, 1.807) is 6.26 Å². The van der Waals surface area contributed by atoms with Crippen molar-refractivity contribution in [1.29, 1.82) is 0 Å². The summed E-state index contributed by atoms with van der Waals surface area (Å²) in [6, 6.07) is 7.66. The van der Waals surface area contributed by atoms with Gasteiger partial charge in [0.25, 0.3) is 0 Å². The van der Waals surface area contributed by atoms with Gasteiger partial charge in [0.15, 0.2) is 5.78 Å². The number of carbonyl (C=O) groups is 1. The molecule has 1 aliphatic heterocycles. The molecule has 0 amide bonds. The van der Waals surface area contributed by atoms with Gasteiger partial charge in [0.05, 0.1) is 12.9 Å². The molecule has 0 aliphatic carbocycles. The number of ketones is 1. The van der Waals surface area contributed by atoms with Gasteiger partial charge < -0.3 is 10.5 Å². The Morgan fingerprint density at radius 3 is 2.71 bits per heavy atom. The normalized spacial score (nSPS) is 14.9. The summed E-state index contributed by atoms with van der Waals surface area (Å²) in [5.41, 5.74) is 8.33. The van der Waals surface area contributed by atoms with Crippen LogP contribution in [-0.4, -0.2) is 12.4 Å². The van der Waals surface area contributed by atoms with E-state index in [0.717, 1.165) is 42.7 Å². The minimum Gasteiger partial charge on any atom is -0.501 e. The summed E-state index contributed by atoms with van der Waals surface area (Å²) in [6.45, 7) is 0.731. The summed E-state index contributed by atoms with van der Waals surface area (Å²) in [5.74, 6) is 0.196. The van der Waals surface area contributed by atoms with Crippen LogP contribution in [0.3, 0.4) is 0 Å². The summed E-state index contributed by atoms with van der Waals surface area (Å²) in [5, 5.41) is 0. The van der Waals surface area contributed by atoms with Gasteiger partial charge in [-0.25, -0.2) is 0 Å². The molecule has 0 atom stereocenters. The molecule has 0 saturated heterocycles. The molecule has 0 spiro atoms. The Balaban J connectivity index is 1.87. The third-order valence-corrected chi connectivity index (χ3v) is 2.91. The smallest absolute Gasteiger partial charge is 0.162 e. The van der Waals surface area contributed by atoms with Crippen molar-refractivity contribution in [3.8, 4) is 0 Å². The molecule has 1 aromatic rings. The van der Waals surface area contributed by atoms with Gasteiger partial charge in [-0.3, -0.25) is 4.79 Å². The Morgan fingerprint density at radius 1 is 1.29 bits per heavy atom. The SMILES string of the molecule is Nc1ccc(CCC(=O)C2=COCCC2)cc1. The maximum absolute atomic E-state index is 11.9. The second-order valence-corrected chi connectivity index (χ2v) is 4.28. The molecule has 0 aromatic heterocycles. The monoisotopic (exact) mass is 231 g/mol. The van der Waals surface area contributed by atoms with Gasteiger partial charge >= 0.3 is 0 Å². The molecule has 2 N–H and O–H groups in total. The van der Waals surface area contributed by atoms with Gasteiger partial charge in [-0.1, -0.05) is 12.1 Å². The first kappa shape index (κ1) is 11.7. The molecule has 1 aromatic carbocycles. The molecule has 0 unspecified atom stereocenters. The fourth-order valence-corrected chi connectivity index (χ4v) is 1.87. The predicted molar refractivity (Wildman–Crippen MR) is 67.5 cm³/mol. The van der Waals surface area contributed by atoms with Crippen LogP contribution in [0.25, 0.3) is 0 Å². The maximum Gasteiger partial charge on any atom is 0.162 e. The van der Waals surface area contributed by atoms with E-state index in [4.69, 9.17) is 10.5 Å². The van der Waals surface area contributed by atoms with E-state index in [-0.39, 0.29) is 5.78 Å². The lowest BCUT2D eigenvalue weighted by atomic mass is 10.00.